The highest BCUT2D eigenvalue weighted by molar-refractivity contribution is 5.89. The smallest absolute Gasteiger partial charge is 0.254 e. The maximum absolute atomic E-state index is 12.3. The fraction of sp³-hybridized carbons (Fsp3) is 0.333. The van der Waals surface area contributed by atoms with Crippen LogP contribution in [0.5, 0.6) is 0 Å². The third-order valence-electron chi connectivity index (χ3n) is 3.78. The first-order valence-electron chi connectivity index (χ1n) is 7.04. The zero-order chi connectivity index (χ0) is 16.1. The van der Waals surface area contributed by atoms with Gasteiger partial charge in [0.2, 0.25) is 0 Å². The molecule has 1 aromatic carbocycles. The second kappa shape index (κ2) is 7.11. The third kappa shape index (κ3) is 3.13. The number of nitrogens with zero attached hydrogens (tertiary/aromatic N) is 1. The van der Waals surface area contributed by atoms with Gasteiger partial charge in [-0.05, 0) is 18.1 Å². The number of amides is 1. The number of aliphatic hydroxyl groups excluding tert-OH is 1. The summed E-state index contributed by atoms with van der Waals surface area (Å²) < 4.78 is 5.39. The number of hydrogen-bond acceptors (Lipinski definition) is 3. The van der Waals surface area contributed by atoms with E-state index in [1.54, 1.807) is 11.8 Å². The van der Waals surface area contributed by atoms with Gasteiger partial charge in [0.05, 0.1) is 6.04 Å². The summed E-state index contributed by atoms with van der Waals surface area (Å²) in [5.41, 5.74) is 4.24. The largest absolute Gasteiger partial charge is 0.386 e. The molecule has 1 aliphatic rings. The predicted octanol–water partition coefficient (Wildman–Crippen LogP) is 1.51. The Bertz CT molecular complexity index is 625. The van der Waals surface area contributed by atoms with Gasteiger partial charge in [0.15, 0.2) is 6.10 Å². The molecule has 22 heavy (non-hydrogen) atoms. The van der Waals surface area contributed by atoms with Crippen molar-refractivity contribution >= 4 is 5.91 Å². The minimum absolute atomic E-state index is 0.0374. The number of terminal acetylenes is 1. The van der Waals surface area contributed by atoms with Gasteiger partial charge in [-0.3, -0.25) is 4.79 Å². The first kappa shape index (κ1) is 16.1. The Morgan fingerprint density at radius 2 is 2.18 bits per heavy atom. The summed E-state index contributed by atoms with van der Waals surface area (Å²) in [6.07, 6.45) is 3.58. The van der Waals surface area contributed by atoms with Crippen LogP contribution in [0.15, 0.2) is 48.2 Å². The summed E-state index contributed by atoms with van der Waals surface area (Å²) >= 11 is 0. The minimum atomic E-state index is -0.873. The minimum Gasteiger partial charge on any atom is -0.386 e. The molecule has 114 valence electrons. The summed E-state index contributed by atoms with van der Waals surface area (Å²) in [5, 5.41) is 10.4. The van der Waals surface area contributed by atoms with Gasteiger partial charge in [-0.15, -0.1) is 12.2 Å². The van der Waals surface area contributed by atoms with Gasteiger partial charge >= 0.3 is 0 Å². The van der Waals surface area contributed by atoms with Crippen LogP contribution >= 0.6 is 0 Å². The number of benzene rings is 1. The molecule has 1 saturated heterocycles. The van der Waals surface area contributed by atoms with Crippen molar-refractivity contribution in [3.8, 4) is 12.3 Å². The van der Waals surface area contributed by atoms with Crippen LogP contribution in [0.25, 0.3) is 0 Å². The average molecular weight is 297 g/mol. The van der Waals surface area contributed by atoms with E-state index in [0.29, 0.717) is 12.1 Å². The fourth-order valence-corrected chi connectivity index (χ4v) is 2.51. The molecule has 4 nitrogen and oxygen atoms in total. The summed E-state index contributed by atoms with van der Waals surface area (Å²) in [4.78, 5) is 13.9. The average Bonchev–Trinajstić information content (AvgIpc) is 2.56. The van der Waals surface area contributed by atoms with Crippen LogP contribution in [-0.2, 0) is 16.1 Å². The van der Waals surface area contributed by atoms with Crippen molar-refractivity contribution in [2.24, 2.45) is 0 Å². The van der Waals surface area contributed by atoms with Gasteiger partial charge in [-0.1, -0.05) is 42.8 Å². The normalized spacial score (nSPS) is 21.5. The lowest BCUT2D eigenvalue weighted by Gasteiger charge is -2.48. The maximum Gasteiger partial charge on any atom is 0.254 e. The molecule has 1 fully saturated rings. The van der Waals surface area contributed by atoms with E-state index < -0.39 is 18.2 Å². The Kier molecular flexibility index (Phi) is 5.19. The molecule has 0 saturated carbocycles. The van der Waals surface area contributed by atoms with E-state index >= 15 is 0 Å². The standard InChI is InChI=1S/C18H19NO3/c1-4-11-22-17-15(16(20)13(3)5-2)19(18(17)21)12-14-9-7-6-8-10-14/h1,6-10,15-17,20H,2,11-12H2,3H3/t15-,16+,17+/m0/s1. The second-order valence-electron chi connectivity index (χ2n) is 5.18. The van der Waals surface area contributed by atoms with E-state index in [4.69, 9.17) is 11.2 Å². The van der Waals surface area contributed by atoms with E-state index in [0.717, 1.165) is 5.56 Å². The molecule has 1 amide bonds. The van der Waals surface area contributed by atoms with Crippen molar-refractivity contribution in [1.82, 2.24) is 4.90 Å². The molecular weight excluding hydrogens is 278 g/mol. The molecule has 0 radical (unpaired) electrons. The number of rotatable bonds is 6. The highest BCUT2D eigenvalue weighted by atomic mass is 16.5. The van der Waals surface area contributed by atoms with Crippen LogP contribution in [0.3, 0.4) is 0 Å². The molecule has 3 atom stereocenters. The van der Waals surface area contributed by atoms with Crippen molar-refractivity contribution in [2.45, 2.75) is 31.7 Å². The zero-order valence-electron chi connectivity index (χ0n) is 12.5. The molecule has 0 spiro atoms. The first-order chi connectivity index (χ1) is 10.6. The molecule has 1 aliphatic heterocycles. The van der Waals surface area contributed by atoms with Gasteiger partial charge in [-0.25, -0.2) is 0 Å². The zero-order valence-corrected chi connectivity index (χ0v) is 12.5. The summed E-state index contributed by atoms with van der Waals surface area (Å²) in [5.74, 6) is 2.18. The topological polar surface area (TPSA) is 49.8 Å². The van der Waals surface area contributed by atoms with Gasteiger partial charge in [0.1, 0.15) is 12.7 Å². The monoisotopic (exact) mass is 297 g/mol. The lowest BCUT2D eigenvalue weighted by atomic mass is 9.88. The van der Waals surface area contributed by atoms with Gasteiger partial charge in [-0.2, -0.15) is 0 Å². The van der Waals surface area contributed by atoms with Crippen LogP contribution in [0, 0.1) is 12.3 Å². The number of aliphatic hydroxyl groups is 1. The number of carbonyl (C=O) groups is 1. The molecule has 2 rings (SSSR count). The van der Waals surface area contributed by atoms with Gasteiger partial charge in [0, 0.05) is 6.54 Å². The van der Waals surface area contributed by atoms with Crippen molar-refractivity contribution in [3.05, 3.63) is 53.8 Å². The molecule has 1 N–H and O–H groups in total. The summed E-state index contributed by atoms with van der Waals surface area (Å²) in [6, 6.07) is 9.12. The molecular formula is C18H19NO3. The Labute approximate surface area is 130 Å². The highest BCUT2D eigenvalue weighted by Gasteiger charge is 2.51. The number of ether oxygens (including phenoxy) is 1. The van der Waals surface area contributed by atoms with Crippen LogP contribution in [0.4, 0.5) is 0 Å². The summed E-state index contributed by atoms with van der Waals surface area (Å²) in [7, 11) is 0. The quantitative estimate of drug-likeness (QED) is 0.492. The van der Waals surface area contributed by atoms with Crippen LogP contribution < -0.4 is 0 Å². The van der Waals surface area contributed by atoms with E-state index in [9.17, 15) is 9.90 Å². The second-order valence-corrected chi connectivity index (χ2v) is 5.18. The van der Waals surface area contributed by atoms with Gasteiger partial charge in [0.25, 0.3) is 5.91 Å². The molecule has 0 aliphatic carbocycles. The van der Waals surface area contributed by atoms with Crippen molar-refractivity contribution in [2.75, 3.05) is 6.61 Å². The number of hydrogen-bond donors (Lipinski definition) is 1. The summed E-state index contributed by atoms with van der Waals surface area (Å²) in [6.45, 7) is 5.72. The molecule has 0 unspecified atom stereocenters. The highest BCUT2D eigenvalue weighted by Crippen LogP contribution is 2.30. The number of carbonyl (C=O) groups excluding carboxylic acids is 1. The molecule has 0 aromatic heterocycles. The van der Waals surface area contributed by atoms with Crippen molar-refractivity contribution in [1.29, 1.82) is 0 Å². The van der Waals surface area contributed by atoms with Crippen molar-refractivity contribution < 1.29 is 14.6 Å². The van der Waals surface area contributed by atoms with E-state index in [2.05, 4.69) is 18.2 Å². The SMILES string of the molecule is C#CCO[C@H]1C(=O)N(Cc2ccccc2)[C@H]1[C@H](O)C(C)=C=C. The molecule has 1 aromatic rings. The molecule has 1 heterocycles. The Morgan fingerprint density at radius 3 is 2.77 bits per heavy atom. The van der Waals surface area contributed by atoms with Crippen LogP contribution in [0.1, 0.15) is 12.5 Å². The van der Waals surface area contributed by atoms with E-state index in [-0.39, 0.29) is 12.5 Å². The number of β-lactam (4-membered cyclic amide) rings is 1. The number of likely N-dealkylation sites (tertiary alicyclic amines) is 1. The van der Waals surface area contributed by atoms with E-state index in [1.807, 2.05) is 30.3 Å². The Hall–Kier alpha value is -2.31. The first-order valence-corrected chi connectivity index (χ1v) is 7.04. The van der Waals surface area contributed by atoms with Gasteiger partial charge < -0.3 is 14.7 Å². The Balaban J connectivity index is 2.18. The van der Waals surface area contributed by atoms with E-state index in [1.165, 1.54) is 0 Å². The fourth-order valence-electron chi connectivity index (χ4n) is 2.51. The third-order valence-corrected chi connectivity index (χ3v) is 3.78. The lowest BCUT2D eigenvalue weighted by Crippen LogP contribution is -2.69. The maximum atomic E-state index is 12.3. The Morgan fingerprint density at radius 1 is 1.50 bits per heavy atom. The predicted molar refractivity (Wildman–Crippen MR) is 83.7 cm³/mol. The van der Waals surface area contributed by atoms with Crippen molar-refractivity contribution in [3.63, 3.8) is 0 Å². The van der Waals surface area contributed by atoms with Crippen LogP contribution in [0.2, 0.25) is 0 Å². The molecule has 4 heteroatoms. The lowest BCUT2D eigenvalue weighted by molar-refractivity contribution is -0.182. The van der Waals surface area contributed by atoms with Crippen LogP contribution in [-0.4, -0.2) is 40.8 Å². The molecule has 0 bridgehead atoms.